The van der Waals surface area contributed by atoms with Gasteiger partial charge in [-0.25, -0.2) is 0 Å². The zero-order valence-corrected chi connectivity index (χ0v) is 20.7. The Morgan fingerprint density at radius 1 is 1.18 bits per heavy atom. The van der Waals surface area contributed by atoms with E-state index in [1.807, 2.05) is 36.7 Å². The van der Waals surface area contributed by atoms with Crippen LogP contribution in [0.4, 0.5) is 0 Å². The number of hydrogen-bond donors (Lipinski definition) is 1. The molecule has 1 aromatic heterocycles. The molecular formula is C25H35N3O6. The van der Waals surface area contributed by atoms with Gasteiger partial charge in [0.25, 0.3) is 0 Å². The number of carbonyl (C=O) groups is 2. The van der Waals surface area contributed by atoms with Gasteiger partial charge in [-0.15, -0.1) is 0 Å². The Hall–Kier alpha value is -2.49. The average Bonchev–Trinajstić information content (AvgIpc) is 3.42. The first-order valence-electron chi connectivity index (χ1n) is 11.8. The Labute approximate surface area is 199 Å². The molecule has 2 saturated heterocycles. The molecule has 9 nitrogen and oxygen atoms in total. The van der Waals surface area contributed by atoms with Crippen molar-refractivity contribution in [3.63, 3.8) is 0 Å². The number of fused-ring (bicyclic) bond motifs is 2. The van der Waals surface area contributed by atoms with Crippen LogP contribution in [0.25, 0.3) is 10.9 Å². The van der Waals surface area contributed by atoms with Gasteiger partial charge in [-0.1, -0.05) is 34.6 Å². The Balaban J connectivity index is 1.49. The number of benzene rings is 1. The summed E-state index contributed by atoms with van der Waals surface area (Å²) in [5.41, 5.74) is 7.23. The molecule has 0 unspecified atom stereocenters. The summed E-state index contributed by atoms with van der Waals surface area (Å²) in [4.78, 5) is 24.5. The lowest BCUT2D eigenvalue weighted by Crippen LogP contribution is -2.42. The average molecular weight is 474 g/mol. The maximum Gasteiger partial charge on any atom is 0.323 e. The third-order valence-corrected chi connectivity index (χ3v) is 6.19. The lowest BCUT2D eigenvalue weighted by molar-refractivity contribution is -0.156. The van der Waals surface area contributed by atoms with Crippen LogP contribution in [0.15, 0.2) is 18.2 Å². The molecule has 1 aromatic carbocycles. The predicted octanol–water partition coefficient (Wildman–Crippen LogP) is 2.73. The first-order chi connectivity index (χ1) is 15.9. The second-order valence-electron chi connectivity index (χ2n) is 10.8. The lowest BCUT2D eigenvalue weighted by atomic mass is 9.97. The highest BCUT2D eigenvalue weighted by Crippen LogP contribution is 2.33. The molecule has 2 aliphatic heterocycles. The van der Waals surface area contributed by atoms with Gasteiger partial charge in [0.15, 0.2) is 18.0 Å². The first kappa shape index (κ1) is 24.6. The molecule has 2 fully saturated rings. The number of rotatable bonds is 7. The quantitative estimate of drug-likeness (QED) is 0.482. The van der Waals surface area contributed by atoms with Crippen LogP contribution in [0.5, 0.6) is 5.75 Å². The highest BCUT2D eigenvalue weighted by molar-refractivity contribution is 6.05. The van der Waals surface area contributed by atoms with Gasteiger partial charge in [0.2, 0.25) is 0 Å². The Morgan fingerprint density at radius 3 is 2.44 bits per heavy atom. The highest BCUT2D eigenvalue weighted by Gasteiger charge is 2.51. The molecular weight excluding hydrogens is 438 g/mol. The molecule has 0 spiro atoms. The van der Waals surface area contributed by atoms with Gasteiger partial charge in [-0.05, 0) is 29.5 Å². The van der Waals surface area contributed by atoms with E-state index in [-0.39, 0.29) is 35.9 Å². The van der Waals surface area contributed by atoms with Crippen molar-refractivity contribution in [3.05, 3.63) is 23.9 Å². The lowest BCUT2D eigenvalue weighted by Gasteiger charge is -2.20. The zero-order chi connectivity index (χ0) is 24.8. The molecule has 2 N–H and O–H groups in total. The van der Waals surface area contributed by atoms with Gasteiger partial charge >= 0.3 is 5.97 Å². The maximum absolute atomic E-state index is 12.3. The zero-order valence-electron chi connectivity index (χ0n) is 20.7. The van der Waals surface area contributed by atoms with Gasteiger partial charge in [0, 0.05) is 18.9 Å². The number of Topliss-reactive ketones (excluding diaryl/α,β-unsaturated/α-hetero) is 1. The van der Waals surface area contributed by atoms with Gasteiger partial charge in [0.1, 0.15) is 29.7 Å². The topological polar surface area (TPSA) is 115 Å². The summed E-state index contributed by atoms with van der Waals surface area (Å²) in [6, 6.07) is 4.96. The summed E-state index contributed by atoms with van der Waals surface area (Å²) in [5.74, 6) is 0.0355. The SMILES string of the molecule is CC(=O)c1nn(CC(C)(C)C)c2ccc(O[C@@H]3CO[C@H]4[C@@H]3OC[C@H]4OC(=O)[C@@H](N)C(C)C)cc12. The van der Waals surface area contributed by atoms with Gasteiger partial charge < -0.3 is 24.7 Å². The van der Waals surface area contributed by atoms with Crippen LogP contribution in [0.2, 0.25) is 0 Å². The third kappa shape index (κ3) is 4.96. The molecule has 0 bridgehead atoms. The van der Waals surface area contributed by atoms with Gasteiger partial charge in [0.05, 0.1) is 18.7 Å². The monoisotopic (exact) mass is 473 g/mol. The highest BCUT2D eigenvalue weighted by atomic mass is 16.7. The summed E-state index contributed by atoms with van der Waals surface area (Å²) in [6.45, 7) is 12.9. The van der Waals surface area contributed by atoms with Crippen LogP contribution in [-0.2, 0) is 25.5 Å². The first-order valence-corrected chi connectivity index (χ1v) is 11.8. The van der Waals surface area contributed by atoms with Gasteiger partial charge in [-0.3, -0.25) is 14.3 Å². The van der Waals surface area contributed by atoms with Crippen molar-refractivity contribution in [2.45, 2.75) is 78.5 Å². The van der Waals surface area contributed by atoms with Gasteiger partial charge in [-0.2, -0.15) is 5.10 Å². The number of carbonyl (C=O) groups excluding carboxylic acids is 2. The van der Waals surface area contributed by atoms with E-state index in [2.05, 4.69) is 25.9 Å². The predicted molar refractivity (Wildman–Crippen MR) is 126 cm³/mol. The molecule has 2 aliphatic rings. The number of nitrogens with zero attached hydrogens (tertiary/aromatic N) is 2. The fourth-order valence-electron chi connectivity index (χ4n) is 4.37. The van der Waals surface area contributed by atoms with E-state index in [1.165, 1.54) is 6.92 Å². The van der Waals surface area contributed by atoms with Crippen LogP contribution in [0.3, 0.4) is 0 Å². The molecule has 9 heteroatoms. The van der Waals surface area contributed by atoms with E-state index >= 15 is 0 Å². The molecule has 0 radical (unpaired) electrons. The van der Waals surface area contributed by atoms with Crippen LogP contribution < -0.4 is 10.5 Å². The van der Waals surface area contributed by atoms with Crippen molar-refractivity contribution in [2.75, 3.05) is 13.2 Å². The number of ketones is 1. The molecule has 3 heterocycles. The number of esters is 1. The minimum absolute atomic E-state index is 0.0112. The van der Waals surface area contributed by atoms with E-state index in [4.69, 9.17) is 24.7 Å². The van der Waals surface area contributed by atoms with Crippen molar-refractivity contribution in [1.82, 2.24) is 9.78 Å². The number of ether oxygens (including phenoxy) is 4. The van der Waals surface area contributed by atoms with E-state index < -0.39 is 24.2 Å². The minimum atomic E-state index is -0.686. The largest absolute Gasteiger partial charge is 0.485 e. The Morgan fingerprint density at radius 2 is 1.82 bits per heavy atom. The minimum Gasteiger partial charge on any atom is -0.485 e. The normalized spacial score (nSPS) is 25.5. The molecule has 5 atom stereocenters. The third-order valence-electron chi connectivity index (χ3n) is 6.19. The van der Waals surface area contributed by atoms with Crippen molar-refractivity contribution < 1.29 is 28.5 Å². The second-order valence-corrected chi connectivity index (χ2v) is 10.8. The molecule has 186 valence electrons. The summed E-state index contributed by atoms with van der Waals surface area (Å²) >= 11 is 0. The summed E-state index contributed by atoms with van der Waals surface area (Å²) < 4.78 is 25.4. The smallest absolute Gasteiger partial charge is 0.323 e. The number of aromatic nitrogens is 2. The molecule has 0 aliphatic carbocycles. The van der Waals surface area contributed by atoms with E-state index in [0.29, 0.717) is 24.6 Å². The van der Waals surface area contributed by atoms with Crippen LogP contribution in [-0.4, -0.2) is 65.2 Å². The van der Waals surface area contributed by atoms with Crippen molar-refractivity contribution in [2.24, 2.45) is 17.1 Å². The standard InChI is InChI=1S/C25H35N3O6/c1-13(2)20(26)24(30)34-19-11-32-22-18(10-31-23(19)22)33-15-7-8-17-16(9-15)21(14(3)29)27-28(17)12-25(4,5)6/h7-9,13,18-20,22-23H,10-12,26H2,1-6H3/t18-,19-,20+,22-,23-/m1/s1. The van der Waals surface area contributed by atoms with Crippen LogP contribution in [0.1, 0.15) is 52.0 Å². The van der Waals surface area contributed by atoms with E-state index in [9.17, 15) is 9.59 Å². The summed E-state index contributed by atoms with van der Waals surface area (Å²) in [5, 5.41) is 5.32. The van der Waals surface area contributed by atoms with Crippen molar-refractivity contribution in [1.29, 1.82) is 0 Å². The van der Waals surface area contributed by atoms with Crippen molar-refractivity contribution in [3.8, 4) is 5.75 Å². The Bertz CT molecular complexity index is 1070. The Kier molecular flexibility index (Phi) is 6.72. The fourth-order valence-corrected chi connectivity index (χ4v) is 4.37. The van der Waals surface area contributed by atoms with E-state index in [0.717, 1.165) is 10.9 Å². The molecule has 4 rings (SSSR count). The van der Waals surface area contributed by atoms with Crippen LogP contribution >= 0.6 is 0 Å². The molecule has 34 heavy (non-hydrogen) atoms. The fraction of sp³-hybridized carbons (Fsp3) is 0.640. The number of nitrogens with two attached hydrogens (primary N) is 1. The van der Waals surface area contributed by atoms with E-state index in [1.54, 1.807) is 0 Å². The number of hydrogen-bond acceptors (Lipinski definition) is 8. The molecule has 0 saturated carbocycles. The van der Waals surface area contributed by atoms with Crippen molar-refractivity contribution >= 4 is 22.7 Å². The second kappa shape index (κ2) is 9.28. The summed E-state index contributed by atoms with van der Waals surface area (Å²) in [6.07, 6.45) is -1.65. The molecule has 2 aromatic rings. The maximum atomic E-state index is 12.3. The van der Waals surface area contributed by atoms with Crippen LogP contribution in [0, 0.1) is 11.3 Å². The molecule has 0 amide bonds. The summed E-state index contributed by atoms with van der Waals surface area (Å²) in [7, 11) is 0.